The second-order valence-corrected chi connectivity index (χ2v) is 0. The molecule has 0 spiro atoms. The van der Waals surface area contributed by atoms with Gasteiger partial charge in [0.25, 0.3) is 0 Å². The van der Waals surface area contributed by atoms with Crippen molar-refractivity contribution in [3.05, 3.63) is 0 Å². The molecule has 0 aromatic carbocycles. The molecule has 0 radical (unpaired) electrons. The van der Waals surface area contributed by atoms with Crippen LogP contribution >= 0.6 is 0 Å². The summed E-state index contributed by atoms with van der Waals surface area (Å²) in [4.78, 5) is 0. The average molecular weight is 114 g/mol. The maximum atomic E-state index is 8.25. The zero-order valence-electron chi connectivity index (χ0n) is 0.908. The van der Waals surface area contributed by atoms with E-state index in [1.54, 1.807) is 0 Å². The first-order chi connectivity index (χ1) is 1.00. The second kappa shape index (κ2) is 18.6. The van der Waals surface area contributed by atoms with Gasteiger partial charge in [-0.05, 0) is 0 Å². The molecule has 0 heterocycles. The van der Waals surface area contributed by atoms with Gasteiger partial charge < -0.3 is 0 Å². The van der Waals surface area contributed by atoms with Crippen LogP contribution in [-0.2, 0) is 23.7 Å². The van der Waals surface area contributed by atoms with Gasteiger partial charge in [0, 0.05) is 0 Å². The Morgan fingerprint density at radius 3 is 1.25 bits per heavy atom. The summed E-state index contributed by atoms with van der Waals surface area (Å²) in [6.45, 7) is 0. The minimum absolute atomic E-state index is 0. The monoisotopic (exact) mass is 114 g/mol. The van der Waals surface area contributed by atoms with Gasteiger partial charge in [-0.15, -0.1) is 0 Å². The Labute approximate surface area is 75.1 Å². The van der Waals surface area contributed by atoms with Gasteiger partial charge in [0.05, 0.1) is 0 Å². The molecule has 0 saturated heterocycles. The van der Waals surface area contributed by atoms with Crippen LogP contribution in [0, 0.1) is 0 Å². The third kappa shape index (κ3) is 8.86. The second-order valence-electron chi connectivity index (χ2n) is 0. The fourth-order valence-electron chi connectivity index (χ4n) is 0. The predicted octanol–water partition coefficient (Wildman–Crippen LogP) is -1.69. The van der Waals surface area contributed by atoms with Gasteiger partial charge in [0.15, 0.2) is 0 Å². The van der Waals surface area contributed by atoms with Gasteiger partial charge in [-0.25, -0.2) is 0 Å². The zero-order valence-corrected chi connectivity index (χ0v) is 2.47. The number of hydrogen-bond donors (Lipinski definition) is 0. The number of hydrogen-bond acceptors (Lipinski definition) is 1. The third-order valence-electron chi connectivity index (χ3n) is 0. The summed E-state index contributed by atoms with van der Waals surface area (Å²) in [6, 6.07) is 0. The summed E-state index contributed by atoms with van der Waals surface area (Å²) in [6.07, 6.45) is 0. The molecule has 0 aliphatic heterocycles. The first kappa shape index (κ1) is 16.3. The molecule has 0 rings (SSSR count). The van der Waals surface area contributed by atoms with Crippen molar-refractivity contribution in [3.63, 3.8) is 0 Å². The molecule has 0 atom stereocenters. The predicted molar refractivity (Wildman–Crippen MR) is 16.4 cm³/mol. The SMILES string of the molecule is [MgH2].[NaH].[O]=[Ti]. The molecule has 4 heavy (non-hydrogen) atoms. The van der Waals surface area contributed by atoms with E-state index in [0.29, 0.717) is 0 Å². The van der Waals surface area contributed by atoms with Crippen LogP contribution in [0.15, 0.2) is 0 Å². The van der Waals surface area contributed by atoms with Gasteiger partial charge >= 0.3 is 76.3 Å². The van der Waals surface area contributed by atoms with Crippen LogP contribution in [0.3, 0.4) is 0 Å². The van der Waals surface area contributed by atoms with E-state index in [4.69, 9.17) is 3.32 Å². The van der Waals surface area contributed by atoms with Crippen molar-refractivity contribution >= 4 is 52.6 Å². The molecule has 1 nitrogen and oxygen atoms in total. The topological polar surface area (TPSA) is 17.1 Å². The normalized spacial score (nSPS) is 0.750. The summed E-state index contributed by atoms with van der Waals surface area (Å²) in [5.41, 5.74) is 0. The molecule has 0 aromatic rings. The van der Waals surface area contributed by atoms with Crippen LogP contribution in [-0.4, -0.2) is 52.6 Å². The van der Waals surface area contributed by atoms with Gasteiger partial charge in [-0.2, -0.15) is 0 Å². The molecule has 0 aliphatic rings. The molecular formula is H3MgNaOTi. The molecule has 0 fully saturated rings. The molecule has 0 aromatic heterocycles. The Kier molecular flexibility index (Phi) is 75.7. The maximum absolute atomic E-state index is 8.25. The molecule has 0 unspecified atom stereocenters. The van der Waals surface area contributed by atoms with Gasteiger partial charge in [-0.1, -0.05) is 0 Å². The van der Waals surface area contributed by atoms with Crippen molar-refractivity contribution in [2.45, 2.75) is 0 Å². The molecular weight excluding hydrogens is 111 g/mol. The van der Waals surface area contributed by atoms with E-state index in [0.717, 1.165) is 20.4 Å². The van der Waals surface area contributed by atoms with Crippen molar-refractivity contribution < 1.29 is 23.7 Å². The fourth-order valence-corrected chi connectivity index (χ4v) is 0. The van der Waals surface area contributed by atoms with Crippen molar-refractivity contribution in [3.8, 4) is 0 Å². The Bertz CT molecular complexity index is 8.00. The van der Waals surface area contributed by atoms with Crippen molar-refractivity contribution in [1.82, 2.24) is 0 Å². The van der Waals surface area contributed by atoms with Crippen LogP contribution in [0.4, 0.5) is 0 Å². The molecule has 0 saturated carbocycles. The van der Waals surface area contributed by atoms with Crippen molar-refractivity contribution in [2.24, 2.45) is 0 Å². The summed E-state index contributed by atoms with van der Waals surface area (Å²) in [5.74, 6) is 0. The summed E-state index contributed by atoms with van der Waals surface area (Å²) in [5, 5.41) is 0. The van der Waals surface area contributed by atoms with Gasteiger partial charge in [0.1, 0.15) is 0 Å². The summed E-state index contributed by atoms with van der Waals surface area (Å²) < 4.78 is 8.25. The fraction of sp³-hybridized carbons (Fsp3) is 0. The Balaban J connectivity index is -0.00000000500. The summed E-state index contributed by atoms with van der Waals surface area (Å²) >= 11 is 0.750. The zero-order chi connectivity index (χ0) is 2.00. The van der Waals surface area contributed by atoms with E-state index >= 15 is 0 Å². The average Bonchev–Trinajstić information content (AvgIpc) is 1.00. The van der Waals surface area contributed by atoms with E-state index in [9.17, 15) is 0 Å². The molecule has 16 valence electrons. The standard InChI is InChI=1S/Mg.Na.O.Ti.3H. The van der Waals surface area contributed by atoms with E-state index in [-0.39, 0.29) is 52.6 Å². The van der Waals surface area contributed by atoms with E-state index < -0.39 is 0 Å². The molecule has 0 amide bonds. The van der Waals surface area contributed by atoms with Gasteiger partial charge in [-0.3, -0.25) is 0 Å². The Morgan fingerprint density at radius 1 is 1.25 bits per heavy atom. The molecule has 0 bridgehead atoms. The van der Waals surface area contributed by atoms with E-state index in [2.05, 4.69) is 0 Å². The van der Waals surface area contributed by atoms with E-state index in [1.807, 2.05) is 0 Å². The van der Waals surface area contributed by atoms with Crippen LogP contribution in [0.5, 0.6) is 0 Å². The first-order valence-corrected chi connectivity index (χ1v) is 0.842. The third-order valence-corrected chi connectivity index (χ3v) is 0. The molecule has 0 aliphatic carbocycles. The minimum atomic E-state index is 0. The molecule has 4 heteroatoms. The van der Waals surface area contributed by atoms with Gasteiger partial charge in [0.2, 0.25) is 0 Å². The van der Waals surface area contributed by atoms with Crippen molar-refractivity contribution in [1.29, 1.82) is 0 Å². The van der Waals surface area contributed by atoms with Crippen LogP contribution < -0.4 is 0 Å². The van der Waals surface area contributed by atoms with Crippen LogP contribution in [0.1, 0.15) is 0 Å². The quantitative estimate of drug-likeness (QED) is 0.344. The Hall–Kier alpha value is 2.28. The molecule has 0 N–H and O–H groups in total. The Morgan fingerprint density at radius 2 is 1.25 bits per heavy atom. The first-order valence-electron chi connectivity index (χ1n) is 0.204. The van der Waals surface area contributed by atoms with Crippen LogP contribution in [0.2, 0.25) is 0 Å². The van der Waals surface area contributed by atoms with E-state index in [1.165, 1.54) is 0 Å². The van der Waals surface area contributed by atoms with Crippen LogP contribution in [0.25, 0.3) is 0 Å². The summed E-state index contributed by atoms with van der Waals surface area (Å²) in [7, 11) is 0. The number of rotatable bonds is 0. The van der Waals surface area contributed by atoms with Crippen molar-refractivity contribution in [2.75, 3.05) is 0 Å².